The summed E-state index contributed by atoms with van der Waals surface area (Å²) in [7, 11) is 0. The Labute approximate surface area is 194 Å². The van der Waals surface area contributed by atoms with Gasteiger partial charge in [-0.15, -0.1) is 0 Å². The predicted molar refractivity (Wildman–Crippen MR) is 128 cm³/mol. The number of benzene rings is 3. The van der Waals surface area contributed by atoms with Gasteiger partial charge in [0.2, 0.25) is 5.72 Å². The molecule has 0 amide bonds. The van der Waals surface area contributed by atoms with Gasteiger partial charge in [-0.2, -0.15) is 5.10 Å². The Bertz CT molecular complexity index is 1180. The highest BCUT2D eigenvalue weighted by Crippen LogP contribution is 2.50. The Balaban J connectivity index is 1.31. The molecule has 1 fully saturated rings. The summed E-state index contributed by atoms with van der Waals surface area (Å²) in [6.45, 7) is 5.00. The number of ether oxygens (including phenoxy) is 1. The summed E-state index contributed by atoms with van der Waals surface area (Å²) in [5.74, 6) is 0.760. The van der Waals surface area contributed by atoms with E-state index in [1.807, 2.05) is 12.1 Å². The number of hydrogen-bond acceptors (Lipinski definition) is 4. The molecule has 1 unspecified atom stereocenters. The fourth-order valence-corrected chi connectivity index (χ4v) is 5.45. The van der Waals surface area contributed by atoms with Crippen molar-refractivity contribution in [2.24, 2.45) is 5.10 Å². The topological polar surface area (TPSA) is 28.1 Å². The maximum Gasteiger partial charge on any atom is 0.200 e. The maximum atomic E-state index is 13.5. The van der Waals surface area contributed by atoms with Crippen LogP contribution < -0.4 is 4.74 Å². The van der Waals surface area contributed by atoms with E-state index in [0.29, 0.717) is 0 Å². The lowest BCUT2D eigenvalue weighted by Gasteiger charge is -2.51. The van der Waals surface area contributed by atoms with Gasteiger partial charge in [-0.1, -0.05) is 60.2 Å². The number of hydrogen-bond donors (Lipinski definition) is 0. The average molecular weight is 442 g/mol. The van der Waals surface area contributed by atoms with Gasteiger partial charge >= 0.3 is 0 Å². The second-order valence-electron chi connectivity index (χ2n) is 9.47. The SMILES string of the molecule is Cc1ccc2c(c1)C1CC(c3ccc(F)cc3)=NN1C1(CCN(Cc3ccccc3)CC1)O2. The number of hydrazone groups is 1. The van der Waals surface area contributed by atoms with E-state index >= 15 is 0 Å². The van der Waals surface area contributed by atoms with Crippen molar-refractivity contribution < 1.29 is 9.13 Å². The minimum absolute atomic E-state index is 0.148. The summed E-state index contributed by atoms with van der Waals surface area (Å²) in [6.07, 6.45) is 2.59. The van der Waals surface area contributed by atoms with Gasteiger partial charge in [0.25, 0.3) is 0 Å². The number of fused-ring (bicyclic) bond motifs is 4. The summed E-state index contributed by atoms with van der Waals surface area (Å²) in [5, 5.41) is 7.34. The first kappa shape index (κ1) is 20.4. The highest BCUT2D eigenvalue weighted by Gasteiger charge is 2.51. The van der Waals surface area contributed by atoms with Gasteiger partial charge in [0.1, 0.15) is 11.6 Å². The van der Waals surface area contributed by atoms with Crippen molar-refractivity contribution in [1.82, 2.24) is 9.91 Å². The highest BCUT2D eigenvalue weighted by atomic mass is 19.1. The van der Waals surface area contributed by atoms with E-state index in [9.17, 15) is 4.39 Å². The molecule has 4 nitrogen and oxygen atoms in total. The molecule has 0 saturated carbocycles. The molecule has 0 aliphatic carbocycles. The molecular formula is C28H28FN3O. The second-order valence-corrected chi connectivity index (χ2v) is 9.47. The fourth-order valence-electron chi connectivity index (χ4n) is 5.45. The van der Waals surface area contributed by atoms with E-state index < -0.39 is 5.72 Å². The van der Waals surface area contributed by atoms with Crippen LogP contribution in [-0.2, 0) is 6.54 Å². The van der Waals surface area contributed by atoms with E-state index in [1.165, 1.54) is 28.8 Å². The summed E-state index contributed by atoms with van der Waals surface area (Å²) >= 11 is 0. The minimum atomic E-state index is -0.443. The molecule has 0 N–H and O–H groups in total. The quantitative estimate of drug-likeness (QED) is 0.524. The van der Waals surface area contributed by atoms with E-state index in [2.05, 4.69) is 65.4 Å². The molecule has 0 aromatic heterocycles. The third kappa shape index (κ3) is 3.70. The standard InChI is InChI=1S/C28H28FN3O/c1-20-7-12-27-24(17-20)26-18-25(22-8-10-23(29)11-9-22)30-32(26)28(33-27)13-15-31(16-14-28)19-21-5-3-2-4-6-21/h2-12,17,26H,13-16,18-19H2,1H3. The van der Waals surface area contributed by atoms with Crippen molar-refractivity contribution in [2.45, 2.75) is 44.5 Å². The summed E-state index contributed by atoms with van der Waals surface area (Å²) in [4.78, 5) is 2.50. The second kappa shape index (κ2) is 7.99. The van der Waals surface area contributed by atoms with Crippen LogP contribution in [-0.4, -0.2) is 34.4 Å². The lowest BCUT2D eigenvalue weighted by Crippen LogP contribution is -2.59. The third-order valence-electron chi connectivity index (χ3n) is 7.22. The molecule has 0 bridgehead atoms. The molecule has 168 valence electrons. The number of halogens is 1. The molecule has 3 aromatic rings. The molecule has 3 aromatic carbocycles. The molecular weight excluding hydrogens is 413 g/mol. The minimum Gasteiger partial charge on any atom is -0.466 e. The van der Waals surface area contributed by atoms with Crippen molar-refractivity contribution in [3.05, 3.63) is 101 Å². The van der Waals surface area contributed by atoms with Crippen molar-refractivity contribution in [1.29, 1.82) is 0 Å². The maximum absolute atomic E-state index is 13.5. The zero-order valence-electron chi connectivity index (χ0n) is 18.9. The lowest BCUT2D eigenvalue weighted by molar-refractivity contribution is -0.150. The Morgan fingerprint density at radius 1 is 1.00 bits per heavy atom. The molecule has 1 saturated heterocycles. The first-order valence-corrected chi connectivity index (χ1v) is 11.8. The van der Waals surface area contributed by atoms with E-state index in [1.54, 1.807) is 0 Å². The zero-order valence-corrected chi connectivity index (χ0v) is 18.9. The normalized spacial score (nSPS) is 21.3. The lowest BCUT2D eigenvalue weighted by atomic mass is 9.90. The van der Waals surface area contributed by atoms with Gasteiger partial charge in [-0.25, -0.2) is 9.40 Å². The third-order valence-corrected chi connectivity index (χ3v) is 7.22. The molecule has 1 spiro atoms. The van der Waals surface area contributed by atoms with Gasteiger partial charge < -0.3 is 4.74 Å². The first-order chi connectivity index (χ1) is 16.1. The van der Waals surface area contributed by atoms with Crippen LogP contribution in [0.5, 0.6) is 5.75 Å². The van der Waals surface area contributed by atoms with Crippen LogP contribution in [0.4, 0.5) is 4.39 Å². The molecule has 33 heavy (non-hydrogen) atoms. The first-order valence-electron chi connectivity index (χ1n) is 11.8. The molecule has 6 rings (SSSR count). The number of rotatable bonds is 3. The van der Waals surface area contributed by atoms with Crippen LogP contribution in [0, 0.1) is 12.7 Å². The number of aryl methyl sites for hydroxylation is 1. The van der Waals surface area contributed by atoms with Gasteiger partial charge in [0.15, 0.2) is 0 Å². The Morgan fingerprint density at radius 3 is 2.52 bits per heavy atom. The molecule has 0 radical (unpaired) electrons. The van der Waals surface area contributed by atoms with Crippen LogP contribution in [0.25, 0.3) is 0 Å². The monoisotopic (exact) mass is 441 g/mol. The summed E-state index contributed by atoms with van der Waals surface area (Å²) in [6, 6.07) is 24.0. The Morgan fingerprint density at radius 2 is 1.76 bits per heavy atom. The van der Waals surface area contributed by atoms with Gasteiger partial charge in [0.05, 0.1) is 11.8 Å². The molecule has 3 aliphatic heterocycles. The largest absolute Gasteiger partial charge is 0.466 e. The number of piperidine rings is 1. The number of nitrogens with zero attached hydrogens (tertiary/aromatic N) is 3. The van der Waals surface area contributed by atoms with E-state index in [0.717, 1.165) is 55.9 Å². The van der Waals surface area contributed by atoms with Gasteiger partial charge in [-0.05, 0) is 36.2 Å². The van der Waals surface area contributed by atoms with Crippen LogP contribution in [0.1, 0.15) is 47.6 Å². The average Bonchev–Trinajstić information content (AvgIpc) is 3.29. The van der Waals surface area contributed by atoms with Gasteiger partial charge in [0, 0.05) is 44.5 Å². The van der Waals surface area contributed by atoms with Crippen LogP contribution in [0.3, 0.4) is 0 Å². The van der Waals surface area contributed by atoms with Crippen LogP contribution >= 0.6 is 0 Å². The van der Waals surface area contributed by atoms with Crippen LogP contribution in [0.15, 0.2) is 77.9 Å². The summed E-state index contributed by atoms with van der Waals surface area (Å²) < 4.78 is 20.3. The molecule has 1 atom stereocenters. The van der Waals surface area contributed by atoms with E-state index in [4.69, 9.17) is 9.84 Å². The van der Waals surface area contributed by atoms with Crippen molar-refractivity contribution in [3.63, 3.8) is 0 Å². The fraction of sp³-hybridized carbons (Fsp3) is 0.321. The molecule has 3 aliphatic rings. The Hall–Kier alpha value is -3.18. The van der Waals surface area contributed by atoms with E-state index in [-0.39, 0.29) is 11.9 Å². The molecule has 3 heterocycles. The number of likely N-dealkylation sites (tertiary alicyclic amines) is 1. The molecule has 5 heteroatoms. The Kier molecular flexibility index (Phi) is 4.95. The zero-order chi connectivity index (χ0) is 22.4. The van der Waals surface area contributed by atoms with Gasteiger partial charge in [-0.3, -0.25) is 4.90 Å². The smallest absolute Gasteiger partial charge is 0.200 e. The van der Waals surface area contributed by atoms with Crippen LogP contribution in [0.2, 0.25) is 0 Å². The highest BCUT2D eigenvalue weighted by molar-refractivity contribution is 6.02. The van der Waals surface area contributed by atoms with Crippen molar-refractivity contribution >= 4 is 5.71 Å². The summed E-state index contributed by atoms with van der Waals surface area (Å²) in [5.41, 5.74) is 5.31. The van der Waals surface area contributed by atoms with Crippen molar-refractivity contribution in [2.75, 3.05) is 13.1 Å². The van der Waals surface area contributed by atoms with Crippen molar-refractivity contribution in [3.8, 4) is 5.75 Å². The predicted octanol–water partition coefficient (Wildman–Crippen LogP) is 5.67.